The SMILES string of the molecule is C/C=C(\[C]=O)N(C)C. The van der Waals surface area contributed by atoms with Crippen molar-refractivity contribution < 1.29 is 4.79 Å². The first-order chi connectivity index (χ1) is 3.72. The average molecular weight is 112 g/mol. The first kappa shape index (κ1) is 7.21. The topological polar surface area (TPSA) is 20.3 Å². The Morgan fingerprint density at radius 3 is 2.12 bits per heavy atom. The molecule has 0 aliphatic carbocycles. The molecule has 0 unspecified atom stereocenters. The van der Waals surface area contributed by atoms with E-state index in [9.17, 15) is 4.79 Å². The smallest absolute Gasteiger partial charge is 0.250 e. The van der Waals surface area contributed by atoms with Crippen LogP contribution >= 0.6 is 0 Å². The summed E-state index contributed by atoms with van der Waals surface area (Å²) in [5, 5.41) is 0. The molecule has 0 heterocycles. The molecule has 0 bridgehead atoms. The minimum absolute atomic E-state index is 0.588. The number of carbonyl (C=O) groups excluding carboxylic acids is 1. The molecule has 0 saturated carbocycles. The Morgan fingerprint density at radius 1 is 1.62 bits per heavy atom. The van der Waals surface area contributed by atoms with Crippen molar-refractivity contribution in [3.05, 3.63) is 11.8 Å². The van der Waals surface area contributed by atoms with E-state index in [0.29, 0.717) is 5.70 Å². The Bertz CT molecular complexity index is 105. The maximum absolute atomic E-state index is 9.94. The van der Waals surface area contributed by atoms with Gasteiger partial charge in [-0.3, -0.25) is 4.79 Å². The number of hydrogen-bond acceptors (Lipinski definition) is 2. The maximum Gasteiger partial charge on any atom is 0.250 e. The van der Waals surface area contributed by atoms with E-state index in [4.69, 9.17) is 0 Å². The fourth-order valence-electron chi connectivity index (χ4n) is 0.408. The Labute approximate surface area is 49.8 Å². The van der Waals surface area contributed by atoms with E-state index in [1.54, 1.807) is 38.3 Å². The van der Waals surface area contributed by atoms with Crippen molar-refractivity contribution in [2.24, 2.45) is 0 Å². The van der Waals surface area contributed by atoms with Crippen LogP contribution in [0.3, 0.4) is 0 Å². The number of likely N-dealkylation sites (N-methyl/N-ethyl adjacent to an activating group) is 1. The third-order valence-electron chi connectivity index (χ3n) is 0.860. The summed E-state index contributed by atoms with van der Waals surface area (Å²) in [6.07, 6.45) is 3.50. The van der Waals surface area contributed by atoms with Gasteiger partial charge in [0.2, 0.25) is 0 Å². The predicted octanol–water partition coefficient (Wildman–Crippen LogP) is 0.561. The summed E-state index contributed by atoms with van der Waals surface area (Å²) >= 11 is 0. The van der Waals surface area contributed by atoms with Gasteiger partial charge in [0.15, 0.2) is 0 Å². The Kier molecular flexibility index (Phi) is 2.92. The van der Waals surface area contributed by atoms with Crippen LogP contribution in [0.4, 0.5) is 0 Å². The third-order valence-corrected chi connectivity index (χ3v) is 0.860. The summed E-state index contributed by atoms with van der Waals surface area (Å²) < 4.78 is 0. The molecule has 0 aromatic heterocycles. The number of hydrogen-bond donors (Lipinski definition) is 0. The van der Waals surface area contributed by atoms with Crippen LogP contribution in [0, 0.1) is 0 Å². The molecule has 2 nitrogen and oxygen atoms in total. The second-order valence-electron chi connectivity index (χ2n) is 1.67. The molecule has 0 aliphatic heterocycles. The monoisotopic (exact) mass is 112 g/mol. The molecule has 0 aromatic carbocycles. The van der Waals surface area contributed by atoms with Crippen molar-refractivity contribution >= 4 is 6.29 Å². The molecule has 0 amide bonds. The number of allylic oxidation sites excluding steroid dienone is 2. The predicted molar refractivity (Wildman–Crippen MR) is 33.1 cm³/mol. The molecule has 0 saturated heterocycles. The van der Waals surface area contributed by atoms with Crippen LogP contribution in [0.5, 0.6) is 0 Å². The fraction of sp³-hybridized carbons (Fsp3) is 0.500. The zero-order chi connectivity index (χ0) is 6.57. The van der Waals surface area contributed by atoms with Crippen LogP contribution in [0.1, 0.15) is 6.92 Å². The molecule has 8 heavy (non-hydrogen) atoms. The van der Waals surface area contributed by atoms with Gasteiger partial charge in [-0.05, 0) is 6.92 Å². The fourth-order valence-corrected chi connectivity index (χ4v) is 0.408. The lowest BCUT2D eigenvalue weighted by molar-refractivity contribution is 0.505. The molecule has 0 atom stereocenters. The summed E-state index contributed by atoms with van der Waals surface area (Å²) in [6, 6.07) is 0. The molecule has 0 aromatic rings. The van der Waals surface area contributed by atoms with E-state index in [2.05, 4.69) is 0 Å². The lowest BCUT2D eigenvalue weighted by Gasteiger charge is -2.08. The van der Waals surface area contributed by atoms with Gasteiger partial charge in [0.05, 0.1) is 5.70 Å². The van der Waals surface area contributed by atoms with E-state index >= 15 is 0 Å². The van der Waals surface area contributed by atoms with E-state index < -0.39 is 0 Å². The minimum atomic E-state index is 0.588. The van der Waals surface area contributed by atoms with Crippen LogP contribution < -0.4 is 0 Å². The highest BCUT2D eigenvalue weighted by Gasteiger charge is 1.92. The van der Waals surface area contributed by atoms with Gasteiger partial charge in [-0.1, -0.05) is 6.08 Å². The van der Waals surface area contributed by atoms with Crippen molar-refractivity contribution in [3.63, 3.8) is 0 Å². The molecule has 0 N–H and O–H groups in total. The lowest BCUT2D eigenvalue weighted by atomic mass is 10.4. The van der Waals surface area contributed by atoms with Crippen molar-refractivity contribution in [3.8, 4) is 0 Å². The van der Waals surface area contributed by atoms with Crippen LogP contribution in [0.2, 0.25) is 0 Å². The van der Waals surface area contributed by atoms with Crippen molar-refractivity contribution in [1.29, 1.82) is 0 Å². The molecule has 1 radical (unpaired) electrons. The number of nitrogens with zero attached hydrogens (tertiary/aromatic N) is 1. The highest BCUT2D eigenvalue weighted by atomic mass is 16.1. The first-order valence-corrected chi connectivity index (χ1v) is 2.44. The Balaban J connectivity index is 3.91. The standard InChI is InChI=1S/C6H10NO/c1-4-6(5-8)7(2)3/h4H,1-3H3/b6-4+. The van der Waals surface area contributed by atoms with Gasteiger partial charge < -0.3 is 4.90 Å². The molecule has 0 rings (SSSR count). The van der Waals surface area contributed by atoms with Crippen LogP contribution in [0.15, 0.2) is 11.8 Å². The van der Waals surface area contributed by atoms with Gasteiger partial charge in [-0.15, -0.1) is 0 Å². The normalized spacial score (nSPS) is 11.1. The zero-order valence-electron chi connectivity index (χ0n) is 5.43. The summed E-state index contributed by atoms with van der Waals surface area (Å²) in [7, 11) is 3.61. The second-order valence-corrected chi connectivity index (χ2v) is 1.67. The van der Waals surface area contributed by atoms with Crippen molar-refractivity contribution in [2.45, 2.75) is 6.92 Å². The van der Waals surface area contributed by atoms with Gasteiger partial charge in [-0.2, -0.15) is 0 Å². The average Bonchev–Trinajstić information content (AvgIpc) is 1.69. The van der Waals surface area contributed by atoms with Crippen LogP contribution in [0.25, 0.3) is 0 Å². The summed E-state index contributed by atoms with van der Waals surface area (Å²) in [5.74, 6) is 0. The van der Waals surface area contributed by atoms with Gasteiger partial charge in [0.1, 0.15) is 0 Å². The van der Waals surface area contributed by atoms with Gasteiger partial charge in [0.25, 0.3) is 6.29 Å². The first-order valence-electron chi connectivity index (χ1n) is 2.44. The van der Waals surface area contributed by atoms with Gasteiger partial charge in [-0.25, -0.2) is 0 Å². The quantitative estimate of drug-likeness (QED) is 0.486. The maximum atomic E-state index is 9.94. The molecule has 0 aliphatic rings. The van der Waals surface area contributed by atoms with E-state index in [1.165, 1.54) is 0 Å². The third kappa shape index (κ3) is 1.78. The van der Waals surface area contributed by atoms with Gasteiger partial charge >= 0.3 is 0 Å². The highest BCUT2D eigenvalue weighted by molar-refractivity contribution is 5.72. The van der Waals surface area contributed by atoms with E-state index in [1.807, 2.05) is 0 Å². The second kappa shape index (κ2) is 3.24. The van der Waals surface area contributed by atoms with E-state index in [0.717, 1.165) is 0 Å². The lowest BCUT2D eigenvalue weighted by Crippen LogP contribution is -2.11. The van der Waals surface area contributed by atoms with Gasteiger partial charge in [0, 0.05) is 14.1 Å². The molecule has 45 valence electrons. The Morgan fingerprint density at radius 2 is 2.12 bits per heavy atom. The van der Waals surface area contributed by atoms with Crippen LogP contribution in [-0.2, 0) is 4.79 Å². The Hall–Kier alpha value is -0.790. The molecule has 0 fully saturated rings. The largest absolute Gasteiger partial charge is 0.375 e. The molecule has 0 spiro atoms. The van der Waals surface area contributed by atoms with Crippen LogP contribution in [-0.4, -0.2) is 25.3 Å². The number of rotatable bonds is 2. The van der Waals surface area contributed by atoms with Crippen molar-refractivity contribution in [2.75, 3.05) is 14.1 Å². The summed E-state index contributed by atoms with van der Waals surface area (Å²) in [4.78, 5) is 11.7. The summed E-state index contributed by atoms with van der Waals surface area (Å²) in [5.41, 5.74) is 0.588. The molecule has 2 heteroatoms. The zero-order valence-corrected chi connectivity index (χ0v) is 5.43. The highest BCUT2D eigenvalue weighted by Crippen LogP contribution is 1.90. The molecular weight excluding hydrogens is 102 g/mol. The van der Waals surface area contributed by atoms with Crippen molar-refractivity contribution in [1.82, 2.24) is 4.90 Å². The summed E-state index contributed by atoms with van der Waals surface area (Å²) in [6.45, 7) is 1.81. The molecular formula is C6H10NO. The minimum Gasteiger partial charge on any atom is -0.375 e. The van der Waals surface area contributed by atoms with E-state index in [-0.39, 0.29) is 0 Å².